The van der Waals surface area contributed by atoms with Crippen molar-refractivity contribution in [1.29, 1.82) is 0 Å². The second-order valence-corrected chi connectivity index (χ2v) is 7.43. The number of rotatable bonds is 3. The molecular weight excluding hydrogens is 267 g/mol. The standard InChI is InChI=1S/C18H27FO2/c1-12-9-15(10-13(2)20-12)21-17-14(11-18(3,4)5)7-6-8-16(17)19/h6-8,12-13,15H,9-11H2,1-5H3/t12-,13+,15?. The van der Waals surface area contributed by atoms with Gasteiger partial charge in [-0.3, -0.25) is 0 Å². The van der Waals surface area contributed by atoms with E-state index in [2.05, 4.69) is 20.8 Å². The van der Waals surface area contributed by atoms with Gasteiger partial charge in [-0.25, -0.2) is 4.39 Å². The number of ether oxygens (including phenoxy) is 2. The van der Waals surface area contributed by atoms with Gasteiger partial charge in [0, 0.05) is 12.8 Å². The lowest BCUT2D eigenvalue weighted by Crippen LogP contribution is -2.36. The third-order valence-electron chi connectivity index (χ3n) is 3.71. The molecule has 0 aliphatic carbocycles. The van der Waals surface area contributed by atoms with Gasteiger partial charge in [-0.15, -0.1) is 0 Å². The fraction of sp³-hybridized carbons (Fsp3) is 0.667. The van der Waals surface area contributed by atoms with Gasteiger partial charge in [-0.1, -0.05) is 32.9 Å². The van der Waals surface area contributed by atoms with E-state index >= 15 is 0 Å². The van der Waals surface area contributed by atoms with Crippen LogP contribution in [0.25, 0.3) is 0 Å². The first-order chi connectivity index (χ1) is 9.74. The summed E-state index contributed by atoms with van der Waals surface area (Å²) in [7, 11) is 0. The van der Waals surface area contributed by atoms with Crippen LogP contribution in [-0.4, -0.2) is 18.3 Å². The Bertz CT molecular complexity index is 469. The molecule has 118 valence electrons. The molecule has 3 heteroatoms. The van der Waals surface area contributed by atoms with Crippen molar-refractivity contribution in [2.75, 3.05) is 0 Å². The second-order valence-electron chi connectivity index (χ2n) is 7.43. The van der Waals surface area contributed by atoms with Crippen molar-refractivity contribution in [3.63, 3.8) is 0 Å². The van der Waals surface area contributed by atoms with Crippen LogP contribution in [0.1, 0.15) is 53.0 Å². The molecule has 2 nitrogen and oxygen atoms in total. The lowest BCUT2D eigenvalue weighted by atomic mass is 9.87. The summed E-state index contributed by atoms with van der Waals surface area (Å²) in [6, 6.07) is 5.21. The molecule has 1 heterocycles. The van der Waals surface area contributed by atoms with Crippen LogP contribution in [0.3, 0.4) is 0 Å². The first-order valence-corrected chi connectivity index (χ1v) is 7.84. The lowest BCUT2D eigenvalue weighted by Gasteiger charge is -2.33. The van der Waals surface area contributed by atoms with Crippen LogP contribution in [0.15, 0.2) is 18.2 Å². The molecule has 0 amide bonds. The molecule has 1 aliphatic rings. The van der Waals surface area contributed by atoms with Gasteiger partial charge < -0.3 is 9.47 Å². The van der Waals surface area contributed by atoms with E-state index in [0.717, 1.165) is 24.8 Å². The van der Waals surface area contributed by atoms with Crippen LogP contribution in [0.5, 0.6) is 5.75 Å². The van der Waals surface area contributed by atoms with Gasteiger partial charge in [0.2, 0.25) is 0 Å². The molecular formula is C18H27FO2. The topological polar surface area (TPSA) is 18.5 Å². The molecule has 2 rings (SSSR count). The Hall–Kier alpha value is -1.09. The molecule has 1 aromatic rings. The first-order valence-electron chi connectivity index (χ1n) is 7.84. The summed E-state index contributed by atoms with van der Waals surface area (Å²) in [6.07, 6.45) is 2.78. The molecule has 1 saturated heterocycles. The Kier molecular flexibility index (Phi) is 4.92. The molecule has 0 spiro atoms. The Morgan fingerprint density at radius 2 is 1.81 bits per heavy atom. The Morgan fingerprint density at radius 1 is 1.19 bits per heavy atom. The van der Waals surface area contributed by atoms with E-state index < -0.39 is 0 Å². The van der Waals surface area contributed by atoms with Gasteiger partial charge in [0.1, 0.15) is 6.10 Å². The van der Waals surface area contributed by atoms with Crippen LogP contribution in [-0.2, 0) is 11.2 Å². The third kappa shape index (κ3) is 4.70. The molecule has 0 N–H and O–H groups in total. The zero-order valence-corrected chi connectivity index (χ0v) is 13.8. The molecule has 1 fully saturated rings. The average molecular weight is 294 g/mol. The van der Waals surface area contributed by atoms with Gasteiger partial charge in [0.15, 0.2) is 11.6 Å². The van der Waals surface area contributed by atoms with Gasteiger partial charge >= 0.3 is 0 Å². The van der Waals surface area contributed by atoms with Crippen molar-refractivity contribution in [2.45, 2.75) is 72.2 Å². The summed E-state index contributed by atoms with van der Waals surface area (Å²) in [6.45, 7) is 10.5. The molecule has 0 aromatic heterocycles. The minimum Gasteiger partial charge on any atom is -0.487 e. The summed E-state index contributed by atoms with van der Waals surface area (Å²) in [5.41, 5.74) is 1.05. The molecule has 21 heavy (non-hydrogen) atoms. The highest BCUT2D eigenvalue weighted by atomic mass is 19.1. The monoisotopic (exact) mass is 294 g/mol. The molecule has 1 aromatic carbocycles. The fourth-order valence-electron chi connectivity index (χ4n) is 3.00. The molecule has 1 unspecified atom stereocenters. The van der Waals surface area contributed by atoms with Crippen molar-refractivity contribution in [2.24, 2.45) is 5.41 Å². The Morgan fingerprint density at radius 3 is 2.38 bits per heavy atom. The van der Waals surface area contributed by atoms with Gasteiger partial charge in [-0.2, -0.15) is 0 Å². The highest BCUT2D eigenvalue weighted by molar-refractivity contribution is 5.36. The lowest BCUT2D eigenvalue weighted by molar-refractivity contribution is -0.0730. The quantitative estimate of drug-likeness (QED) is 0.801. The molecule has 1 aliphatic heterocycles. The molecule has 0 saturated carbocycles. The summed E-state index contributed by atoms with van der Waals surface area (Å²) >= 11 is 0. The second kappa shape index (κ2) is 6.35. The zero-order valence-electron chi connectivity index (χ0n) is 13.8. The summed E-state index contributed by atoms with van der Waals surface area (Å²) in [5.74, 6) is 0.169. The zero-order chi connectivity index (χ0) is 15.6. The Labute approximate surface area is 127 Å². The normalized spacial score (nSPS) is 26.7. The first kappa shape index (κ1) is 16.3. The van der Waals surface area contributed by atoms with Crippen LogP contribution in [0.2, 0.25) is 0 Å². The number of hydrogen-bond acceptors (Lipinski definition) is 2. The summed E-state index contributed by atoms with van der Waals surface area (Å²) in [4.78, 5) is 0. The van der Waals surface area contributed by atoms with Crippen molar-refractivity contribution in [3.8, 4) is 5.75 Å². The number of para-hydroxylation sites is 1. The maximum absolute atomic E-state index is 14.2. The predicted octanol–water partition coefficient (Wildman–Crippen LogP) is 4.75. The fourth-order valence-corrected chi connectivity index (χ4v) is 3.00. The third-order valence-corrected chi connectivity index (χ3v) is 3.71. The van der Waals surface area contributed by atoms with E-state index in [1.54, 1.807) is 6.07 Å². The number of hydrogen-bond donors (Lipinski definition) is 0. The highest BCUT2D eigenvalue weighted by Crippen LogP contribution is 2.32. The van der Waals surface area contributed by atoms with Crippen molar-refractivity contribution >= 4 is 0 Å². The van der Waals surface area contributed by atoms with E-state index in [4.69, 9.17) is 9.47 Å². The van der Waals surface area contributed by atoms with Crippen LogP contribution >= 0.6 is 0 Å². The Balaban J connectivity index is 2.18. The number of halogens is 1. The summed E-state index contributed by atoms with van der Waals surface area (Å²) in [5, 5.41) is 0. The molecule has 3 atom stereocenters. The highest BCUT2D eigenvalue weighted by Gasteiger charge is 2.27. The van der Waals surface area contributed by atoms with Gasteiger partial charge in [-0.05, 0) is 37.3 Å². The number of benzene rings is 1. The van der Waals surface area contributed by atoms with E-state index in [-0.39, 0.29) is 29.5 Å². The van der Waals surface area contributed by atoms with E-state index in [1.807, 2.05) is 19.9 Å². The van der Waals surface area contributed by atoms with Crippen LogP contribution in [0.4, 0.5) is 4.39 Å². The van der Waals surface area contributed by atoms with Crippen molar-refractivity contribution in [3.05, 3.63) is 29.6 Å². The van der Waals surface area contributed by atoms with Gasteiger partial charge in [0.05, 0.1) is 12.2 Å². The predicted molar refractivity (Wildman–Crippen MR) is 83.2 cm³/mol. The van der Waals surface area contributed by atoms with E-state index in [1.165, 1.54) is 6.07 Å². The average Bonchev–Trinajstić information content (AvgIpc) is 2.30. The van der Waals surface area contributed by atoms with E-state index in [0.29, 0.717) is 5.75 Å². The SMILES string of the molecule is C[C@@H]1CC(Oc2c(F)cccc2CC(C)(C)C)C[C@H](C)O1. The van der Waals surface area contributed by atoms with Gasteiger partial charge in [0.25, 0.3) is 0 Å². The van der Waals surface area contributed by atoms with Crippen molar-refractivity contribution < 1.29 is 13.9 Å². The largest absolute Gasteiger partial charge is 0.487 e. The van der Waals surface area contributed by atoms with E-state index in [9.17, 15) is 4.39 Å². The maximum atomic E-state index is 14.2. The van der Waals surface area contributed by atoms with Crippen LogP contribution < -0.4 is 4.74 Å². The maximum Gasteiger partial charge on any atom is 0.165 e. The minimum atomic E-state index is -0.261. The molecule has 0 radical (unpaired) electrons. The molecule has 0 bridgehead atoms. The smallest absolute Gasteiger partial charge is 0.165 e. The summed E-state index contributed by atoms with van der Waals surface area (Å²) < 4.78 is 26.0. The van der Waals surface area contributed by atoms with Crippen LogP contribution in [0, 0.1) is 11.2 Å². The minimum absolute atomic E-state index is 0.0272. The van der Waals surface area contributed by atoms with Crippen molar-refractivity contribution in [1.82, 2.24) is 0 Å².